The minimum atomic E-state index is 0.368. The van der Waals surface area contributed by atoms with Crippen LogP contribution in [0.15, 0.2) is 12.2 Å². The van der Waals surface area contributed by atoms with Crippen LogP contribution in [-0.4, -0.2) is 12.2 Å². The maximum absolute atomic E-state index is 5.60. The highest BCUT2D eigenvalue weighted by atomic mass is 16.5. The van der Waals surface area contributed by atoms with E-state index in [-0.39, 0.29) is 0 Å². The Balaban J connectivity index is 2.26. The molecular weight excluding hydrogens is 124 g/mol. The molecule has 1 unspecified atom stereocenters. The molecule has 0 amide bonds. The predicted molar refractivity (Wildman–Crippen MR) is 43.0 cm³/mol. The van der Waals surface area contributed by atoms with E-state index in [2.05, 4.69) is 26.0 Å². The Morgan fingerprint density at radius 1 is 1.50 bits per heavy atom. The highest BCUT2D eigenvalue weighted by Crippen LogP contribution is 2.14. The van der Waals surface area contributed by atoms with E-state index >= 15 is 0 Å². The van der Waals surface area contributed by atoms with Crippen LogP contribution in [0.4, 0.5) is 0 Å². The second-order valence-corrected chi connectivity index (χ2v) is 3.08. The number of rotatable bonds is 2. The molecule has 58 valence electrons. The predicted octanol–water partition coefficient (Wildman–Crippen LogP) is 2.52. The molecule has 1 aliphatic carbocycles. The first-order valence-electron chi connectivity index (χ1n) is 4.11. The minimum Gasteiger partial charge on any atom is -0.372 e. The van der Waals surface area contributed by atoms with Gasteiger partial charge in [0, 0.05) is 0 Å². The molecule has 1 rings (SSSR count). The molecular formula is C9H16O. The standard InChI is InChI=1S/C9H16O/c1-8(2)10-9-6-4-3-5-7-9/h4,6,8-9H,3,5,7H2,1-2H3. The molecule has 0 radical (unpaired) electrons. The van der Waals surface area contributed by atoms with E-state index in [4.69, 9.17) is 4.74 Å². The highest BCUT2D eigenvalue weighted by Gasteiger charge is 2.09. The molecule has 0 N–H and O–H groups in total. The summed E-state index contributed by atoms with van der Waals surface area (Å²) < 4.78 is 5.60. The second-order valence-electron chi connectivity index (χ2n) is 3.08. The molecule has 1 heteroatoms. The van der Waals surface area contributed by atoms with Crippen molar-refractivity contribution in [1.82, 2.24) is 0 Å². The molecule has 0 saturated carbocycles. The lowest BCUT2D eigenvalue weighted by Gasteiger charge is -2.19. The summed E-state index contributed by atoms with van der Waals surface area (Å²) in [5, 5.41) is 0. The Morgan fingerprint density at radius 3 is 2.80 bits per heavy atom. The molecule has 0 aromatic carbocycles. The van der Waals surface area contributed by atoms with Gasteiger partial charge in [-0.2, -0.15) is 0 Å². The van der Waals surface area contributed by atoms with Crippen LogP contribution in [0.2, 0.25) is 0 Å². The van der Waals surface area contributed by atoms with E-state index in [1.807, 2.05) is 0 Å². The van der Waals surface area contributed by atoms with Crippen molar-refractivity contribution >= 4 is 0 Å². The van der Waals surface area contributed by atoms with Gasteiger partial charge in [0.05, 0.1) is 12.2 Å². The fourth-order valence-corrected chi connectivity index (χ4v) is 1.24. The molecule has 0 saturated heterocycles. The molecule has 1 nitrogen and oxygen atoms in total. The maximum atomic E-state index is 5.60. The minimum absolute atomic E-state index is 0.368. The summed E-state index contributed by atoms with van der Waals surface area (Å²) in [6.07, 6.45) is 8.89. The lowest BCUT2D eigenvalue weighted by Crippen LogP contribution is -2.16. The first-order valence-corrected chi connectivity index (χ1v) is 4.11. The van der Waals surface area contributed by atoms with Gasteiger partial charge in [-0.05, 0) is 33.1 Å². The normalized spacial score (nSPS) is 25.7. The first-order chi connectivity index (χ1) is 4.79. The number of allylic oxidation sites excluding steroid dienone is 1. The van der Waals surface area contributed by atoms with Crippen molar-refractivity contribution in [2.45, 2.75) is 45.3 Å². The largest absolute Gasteiger partial charge is 0.372 e. The molecule has 0 aromatic rings. The van der Waals surface area contributed by atoms with Gasteiger partial charge < -0.3 is 4.74 Å². The molecule has 0 aliphatic heterocycles. The molecule has 1 atom stereocenters. The van der Waals surface area contributed by atoms with Crippen LogP contribution in [0.5, 0.6) is 0 Å². The summed E-state index contributed by atoms with van der Waals surface area (Å²) in [5.74, 6) is 0. The van der Waals surface area contributed by atoms with E-state index in [1.165, 1.54) is 19.3 Å². The Bertz CT molecular complexity index is 116. The quantitative estimate of drug-likeness (QED) is 0.535. The van der Waals surface area contributed by atoms with Crippen molar-refractivity contribution in [3.8, 4) is 0 Å². The highest BCUT2D eigenvalue weighted by molar-refractivity contribution is 4.94. The summed E-state index contributed by atoms with van der Waals surface area (Å²) >= 11 is 0. The van der Waals surface area contributed by atoms with E-state index in [1.54, 1.807) is 0 Å². The summed E-state index contributed by atoms with van der Waals surface area (Å²) in [7, 11) is 0. The number of hydrogen-bond donors (Lipinski definition) is 0. The smallest absolute Gasteiger partial charge is 0.0759 e. The van der Waals surface area contributed by atoms with Crippen molar-refractivity contribution in [2.24, 2.45) is 0 Å². The average Bonchev–Trinajstić information content (AvgIpc) is 1.88. The summed E-state index contributed by atoms with van der Waals surface area (Å²) in [6, 6.07) is 0. The molecule has 0 fully saturated rings. The summed E-state index contributed by atoms with van der Waals surface area (Å²) in [6.45, 7) is 4.17. The zero-order chi connectivity index (χ0) is 7.40. The van der Waals surface area contributed by atoms with Gasteiger partial charge >= 0.3 is 0 Å². The van der Waals surface area contributed by atoms with Crippen LogP contribution in [0.25, 0.3) is 0 Å². The molecule has 10 heavy (non-hydrogen) atoms. The summed E-state index contributed by atoms with van der Waals surface area (Å²) in [5.41, 5.74) is 0. The third-order valence-corrected chi connectivity index (χ3v) is 1.66. The Hall–Kier alpha value is -0.300. The van der Waals surface area contributed by atoms with Gasteiger partial charge in [0.1, 0.15) is 0 Å². The second kappa shape index (κ2) is 3.77. The SMILES string of the molecule is CC(C)OC1C=CCCC1. The van der Waals surface area contributed by atoms with Crippen molar-refractivity contribution in [1.29, 1.82) is 0 Å². The maximum Gasteiger partial charge on any atom is 0.0759 e. The zero-order valence-corrected chi connectivity index (χ0v) is 6.84. The van der Waals surface area contributed by atoms with Crippen LogP contribution >= 0.6 is 0 Å². The van der Waals surface area contributed by atoms with Gasteiger partial charge in [0.15, 0.2) is 0 Å². The number of hydrogen-bond acceptors (Lipinski definition) is 1. The third-order valence-electron chi connectivity index (χ3n) is 1.66. The molecule has 0 heterocycles. The van der Waals surface area contributed by atoms with Crippen LogP contribution in [-0.2, 0) is 4.74 Å². The molecule has 0 spiro atoms. The molecule has 0 aromatic heterocycles. The van der Waals surface area contributed by atoms with Crippen LogP contribution < -0.4 is 0 Å². The van der Waals surface area contributed by atoms with Crippen molar-refractivity contribution in [2.75, 3.05) is 0 Å². The van der Waals surface area contributed by atoms with Gasteiger partial charge in [0.2, 0.25) is 0 Å². The van der Waals surface area contributed by atoms with Crippen molar-refractivity contribution in [3.63, 3.8) is 0 Å². The van der Waals surface area contributed by atoms with E-state index in [9.17, 15) is 0 Å². The van der Waals surface area contributed by atoms with E-state index in [0.717, 1.165) is 0 Å². The average molecular weight is 140 g/mol. The van der Waals surface area contributed by atoms with Crippen LogP contribution in [0.3, 0.4) is 0 Å². The molecule has 1 aliphatic rings. The van der Waals surface area contributed by atoms with Crippen molar-refractivity contribution in [3.05, 3.63) is 12.2 Å². The van der Waals surface area contributed by atoms with Crippen molar-refractivity contribution < 1.29 is 4.74 Å². The fourth-order valence-electron chi connectivity index (χ4n) is 1.24. The van der Waals surface area contributed by atoms with Gasteiger partial charge in [-0.1, -0.05) is 12.2 Å². The van der Waals surface area contributed by atoms with Gasteiger partial charge in [-0.15, -0.1) is 0 Å². The fraction of sp³-hybridized carbons (Fsp3) is 0.778. The lowest BCUT2D eigenvalue weighted by molar-refractivity contribution is 0.0279. The van der Waals surface area contributed by atoms with E-state index < -0.39 is 0 Å². The van der Waals surface area contributed by atoms with Gasteiger partial charge in [-0.25, -0.2) is 0 Å². The van der Waals surface area contributed by atoms with Gasteiger partial charge in [0.25, 0.3) is 0 Å². The Labute approximate surface area is 63.1 Å². The number of ether oxygens (including phenoxy) is 1. The topological polar surface area (TPSA) is 9.23 Å². The Kier molecular flexibility index (Phi) is 2.94. The zero-order valence-electron chi connectivity index (χ0n) is 6.84. The van der Waals surface area contributed by atoms with E-state index in [0.29, 0.717) is 12.2 Å². The third kappa shape index (κ3) is 2.53. The van der Waals surface area contributed by atoms with Crippen LogP contribution in [0.1, 0.15) is 33.1 Å². The lowest BCUT2D eigenvalue weighted by atomic mass is 10.1. The molecule has 0 bridgehead atoms. The Morgan fingerprint density at radius 2 is 2.30 bits per heavy atom. The van der Waals surface area contributed by atoms with Crippen LogP contribution in [0, 0.1) is 0 Å². The monoisotopic (exact) mass is 140 g/mol. The summed E-state index contributed by atoms with van der Waals surface area (Å²) in [4.78, 5) is 0. The van der Waals surface area contributed by atoms with Gasteiger partial charge in [-0.3, -0.25) is 0 Å². The first kappa shape index (κ1) is 7.80.